The summed E-state index contributed by atoms with van der Waals surface area (Å²) < 4.78 is 32.1. The zero-order chi connectivity index (χ0) is 18.9. The van der Waals surface area contributed by atoms with Crippen LogP contribution in [0.1, 0.15) is 18.6 Å². The quantitative estimate of drug-likeness (QED) is 0.670. The molecule has 0 N–H and O–H groups in total. The number of carbonyl (C=O) groups excluding carboxylic acids is 1. The number of likely N-dealkylation sites (tertiary alicyclic amines) is 1. The van der Waals surface area contributed by atoms with Gasteiger partial charge in [0, 0.05) is 13.1 Å². The van der Waals surface area contributed by atoms with Gasteiger partial charge in [0.15, 0.2) is 9.84 Å². The molecule has 1 aromatic carbocycles. The number of benzene rings is 1. The van der Waals surface area contributed by atoms with Gasteiger partial charge in [0.1, 0.15) is 18.1 Å². The van der Waals surface area contributed by atoms with Gasteiger partial charge in [0.05, 0.1) is 28.9 Å². The molecule has 1 aliphatic heterocycles. The lowest BCUT2D eigenvalue weighted by molar-refractivity contribution is -0.132. The summed E-state index contributed by atoms with van der Waals surface area (Å²) in [5.74, 6) is 0.361. The predicted octanol–water partition coefficient (Wildman–Crippen LogP) is 2.24. The van der Waals surface area contributed by atoms with Gasteiger partial charge in [-0.15, -0.1) is 0 Å². The topological polar surface area (TPSA) is 85.4 Å². The van der Waals surface area contributed by atoms with Crippen LogP contribution in [-0.4, -0.2) is 47.1 Å². The van der Waals surface area contributed by atoms with Crippen LogP contribution in [0.15, 0.2) is 53.4 Å². The number of rotatable bonds is 5. The molecule has 0 aliphatic carbocycles. The molecule has 0 saturated carbocycles. The van der Waals surface area contributed by atoms with Gasteiger partial charge >= 0.3 is 0 Å². The second-order valence-corrected chi connectivity index (χ2v) is 9.11. The first kappa shape index (κ1) is 17.8. The molecule has 1 fully saturated rings. The van der Waals surface area contributed by atoms with Gasteiger partial charge in [-0.1, -0.05) is 12.1 Å². The molecule has 27 heavy (non-hydrogen) atoms. The summed E-state index contributed by atoms with van der Waals surface area (Å²) in [4.78, 5) is 18.7. The molecule has 0 radical (unpaired) electrons. The van der Waals surface area contributed by atoms with E-state index in [1.807, 2.05) is 28.8 Å². The molecule has 1 amide bonds. The molecule has 2 aromatic heterocycles. The molecule has 1 saturated heterocycles. The Bertz CT molecular complexity index is 1030. The number of fused-ring (bicyclic) bond motifs is 1. The summed E-state index contributed by atoms with van der Waals surface area (Å²) in [6.45, 7) is 1.12. The Morgan fingerprint density at radius 3 is 2.67 bits per heavy atom. The van der Waals surface area contributed by atoms with Crippen molar-refractivity contribution in [2.75, 3.05) is 13.1 Å². The Labute approximate surface area is 157 Å². The van der Waals surface area contributed by atoms with E-state index in [9.17, 15) is 13.2 Å². The first-order valence-electron chi connectivity index (χ1n) is 8.94. The van der Waals surface area contributed by atoms with E-state index < -0.39 is 15.1 Å². The highest BCUT2D eigenvalue weighted by atomic mass is 32.2. The number of imidazole rings is 1. The Kier molecular flexibility index (Phi) is 4.73. The van der Waals surface area contributed by atoms with E-state index in [0.29, 0.717) is 31.7 Å². The number of hydrogen-bond donors (Lipinski definition) is 0. The number of aromatic nitrogens is 2. The molecule has 3 heterocycles. The summed E-state index contributed by atoms with van der Waals surface area (Å²) in [5.41, 5.74) is 1.77. The number of hydrogen-bond acceptors (Lipinski definition) is 5. The van der Waals surface area contributed by atoms with Crippen LogP contribution in [0.3, 0.4) is 0 Å². The minimum Gasteiger partial charge on any atom is -0.468 e. The SMILES string of the molecule is O=C(Cn1cnc2ccccc21)N1CCC(S(=O)(=O)Cc2ccco2)CC1. The van der Waals surface area contributed by atoms with E-state index in [1.165, 1.54) is 6.26 Å². The second-order valence-electron chi connectivity index (χ2n) is 6.83. The lowest BCUT2D eigenvalue weighted by Crippen LogP contribution is -2.43. The fraction of sp³-hybridized carbons (Fsp3) is 0.368. The lowest BCUT2D eigenvalue weighted by atomic mass is 10.1. The number of amides is 1. The second kappa shape index (κ2) is 7.19. The Balaban J connectivity index is 1.36. The summed E-state index contributed by atoms with van der Waals surface area (Å²) in [6.07, 6.45) is 4.06. The molecule has 4 rings (SSSR count). The van der Waals surface area contributed by atoms with Gasteiger partial charge in [0.2, 0.25) is 5.91 Å². The molecule has 8 heteroatoms. The smallest absolute Gasteiger partial charge is 0.242 e. The van der Waals surface area contributed by atoms with Crippen LogP contribution in [0.2, 0.25) is 0 Å². The highest BCUT2D eigenvalue weighted by Crippen LogP contribution is 2.22. The zero-order valence-electron chi connectivity index (χ0n) is 14.8. The van der Waals surface area contributed by atoms with Gasteiger partial charge < -0.3 is 13.9 Å². The Morgan fingerprint density at radius 1 is 1.15 bits per heavy atom. The van der Waals surface area contributed by atoms with Crippen LogP contribution in [-0.2, 0) is 26.9 Å². The molecule has 0 bridgehead atoms. The average Bonchev–Trinajstić information content (AvgIpc) is 3.32. The van der Waals surface area contributed by atoms with Crippen LogP contribution < -0.4 is 0 Å². The highest BCUT2D eigenvalue weighted by molar-refractivity contribution is 7.91. The largest absolute Gasteiger partial charge is 0.468 e. The summed E-state index contributed by atoms with van der Waals surface area (Å²) in [6, 6.07) is 11.0. The fourth-order valence-electron chi connectivity index (χ4n) is 3.56. The maximum atomic E-state index is 12.6. The molecule has 7 nitrogen and oxygen atoms in total. The molecule has 0 atom stereocenters. The van der Waals surface area contributed by atoms with Crippen LogP contribution in [0.25, 0.3) is 11.0 Å². The molecule has 142 valence electrons. The summed E-state index contributed by atoms with van der Waals surface area (Å²) >= 11 is 0. The maximum absolute atomic E-state index is 12.6. The standard InChI is InChI=1S/C19H21N3O4S/c23-19(12-22-14-20-17-5-1-2-6-18(17)22)21-9-7-16(8-10-21)27(24,25)13-15-4-3-11-26-15/h1-6,11,14,16H,7-10,12-13H2. The van der Waals surface area contributed by atoms with Gasteiger partial charge in [-0.2, -0.15) is 0 Å². The van der Waals surface area contributed by atoms with Crippen molar-refractivity contribution < 1.29 is 17.6 Å². The number of furan rings is 1. The van der Waals surface area contributed by atoms with E-state index in [4.69, 9.17) is 4.42 Å². The van der Waals surface area contributed by atoms with Crippen LogP contribution in [0, 0.1) is 0 Å². The zero-order valence-corrected chi connectivity index (χ0v) is 15.6. The van der Waals surface area contributed by atoms with Crippen molar-refractivity contribution in [2.45, 2.75) is 30.4 Å². The number of carbonyl (C=O) groups is 1. The third-order valence-electron chi connectivity index (χ3n) is 5.06. The number of para-hydroxylation sites is 2. The molecule has 1 aliphatic rings. The van der Waals surface area contributed by atoms with E-state index in [-0.39, 0.29) is 18.2 Å². The van der Waals surface area contributed by atoms with Crippen LogP contribution in [0.5, 0.6) is 0 Å². The molecular formula is C19H21N3O4S. The number of piperidine rings is 1. The van der Waals surface area contributed by atoms with Crippen molar-refractivity contribution in [3.8, 4) is 0 Å². The van der Waals surface area contributed by atoms with Gasteiger partial charge in [-0.3, -0.25) is 4.79 Å². The maximum Gasteiger partial charge on any atom is 0.242 e. The third kappa shape index (κ3) is 3.75. The minimum absolute atomic E-state index is 0.0139. The monoisotopic (exact) mass is 387 g/mol. The van der Waals surface area contributed by atoms with Crippen LogP contribution >= 0.6 is 0 Å². The Hall–Kier alpha value is -2.61. The van der Waals surface area contributed by atoms with E-state index in [0.717, 1.165) is 11.0 Å². The number of nitrogens with zero attached hydrogens (tertiary/aromatic N) is 3. The summed E-state index contributed by atoms with van der Waals surface area (Å²) in [5, 5.41) is -0.430. The molecule has 3 aromatic rings. The van der Waals surface area contributed by atoms with Crippen molar-refractivity contribution in [3.05, 3.63) is 54.7 Å². The normalized spacial score (nSPS) is 16.1. The first-order chi connectivity index (χ1) is 13.0. The lowest BCUT2D eigenvalue weighted by Gasteiger charge is -2.31. The third-order valence-corrected chi connectivity index (χ3v) is 7.23. The molecule has 0 spiro atoms. The van der Waals surface area contributed by atoms with Crippen molar-refractivity contribution in [1.29, 1.82) is 0 Å². The van der Waals surface area contributed by atoms with E-state index >= 15 is 0 Å². The Morgan fingerprint density at radius 2 is 1.93 bits per heavy atom. The number of sulfone groups is 1. The molecular weight excluding hydrogens is 366 g/mol. The van der Waals surface area contributed by atoms with Crippen molar-refractivity contribution in [2.24, 2.45) is 0 Å². The minimum atomic E-state index is -3.28. The van der Waals surface area contributed by atoms with Gasteiger partial charge in [-0.05, 0) is 37.1 Å². The fourth-order valence-corrected chi connectivity index (χ4v) is 5.28. The first-order valence-corrected chi connectivity index (χ1v) is 10.7. The van der Waals surface area contributed by atoms with Crippen molar-refractivity contribution in [1.82, 2.24) is 14.5 Å². The average molecular weight is 387 g/mol. The van der Waals surface area contributed by atoms with Gasteiger partial charge in [0.25, 0.3) is 0 Å². The van der Waals surface area contributed by atoms with Crippen molar-refractivity contribution in [3.63, 3.8) is 0 Å². The van der Waals surface area contributed by atoms with Crippen LogP contribution in [0.4, 0.5) is 0 Å². The van der Waals surface area contributed by atoms with Crippen molar-refractivity contribution >= 4 is 26.8 Å². The highest BCUT2D eigenvalue weighted by Gasteiger charge is 2.32. The van der Waals surface area contributed by atoms with E-state index in [2.05, 4.69) is 4.98 Å². The van der Waals surface area contributed by atoms with Gasteiger partial charge in [-0.25, -0.2) is 13.4 Å². The molecule has 0 unspecified atom stereocenters. The predicted molar refractivity (Wildman–Crippen MR) is 101 cm³/mol. The summed E-state index contributed by atoms with van der Waals surface area (Å²) in [7, 11) is -3.28. The van der Waals surface area contributed by atoms with E-state index in [1.54, 1.807) is 23.4 Å².